The van der Waals surface area contributed by atoms with Gasteiger partial charge >= 0.3 is 0 Å². The summed E-state index contributed by atoms with van der Waals surface area (Å²) in [4.78, 5) is 0. The maximum Gasteiger partial charge on any atom is 0.201 e. The fourth-order valence-corrected chi connectivity index (χ4v) is 3.26. The lowest BCUT2D eigenvalue weighted by atomic mass is 9.98. The average Bonchev–Trinajstić information content (AvgIpc) is 2.76. The molecule has 0 radical (unpaired) electrons. The van der Waals surface area contributed by atoms with Gasteiger partial charge in [0.05, 0.1) is 6.10 Å². The topological polar surface area (TPSA) is 29.5 Å². The van der Waals surface area contributed by atoms with Gasteiger partial charge in [-0.2, -0.15) is 4.39 Å². The van der Waals surface area contributed by atoms with Crippen LogP contribution >= 0.6 is 0 Å². The SMILES string of the molecule is C=CCOc1ccc(-c2ccc(CCc3ccc(C(C)O)c(F)c3F)cc2)c(F)c1F. The van der Waals surface area contributed by atoms with Gasteiger partial charge in [0.1, 0.15) is 6.61 Å². The van der Waals surface area contributed by atoms with Gasteiger partial charge in [-0.1, -0.05) is 49.1 Å². The first-order valence-corrected chi connectivity index (χ1v) is 9.79. The summed E-state index contributed by atoms with van der Waals surface area (Å²) in [5.41, 5.74) is 1.52. The Kier molecular flexibility index (Phi) is 7.13. The quantitative estimate of drug-likeness (QED) is 0.335. The Hall–Kier alpha value is -3.12. The molecular formula is C25H22F4O2. The summed E-state index contributed by atoms with van der Waals surface area (Å²) in [6, 6.07) is 12.4. The number of benzene rings is 3. The molecule has 1 unspecified atom stereocenters. The van der Waals surface area contributed by atoms with E-state index in [-0.39, 0.29) is 35.5 Å². The Labute approximate surface area is 178 Å². The fraction of sp³-hybridized carbons (Fsp3) is 0.200. The van der Waals surface area contributed by atoms with Crippen LogP contribution in [0, 0.1) is 23.3 Å². The smallest absolute Gasteiger partial charge is 0.201 e. The van der Waals surface area contributed by atoms with Crippen molar-refractivity contribution in [2.45, 2.75) is 25.9 Å². The zero-order valence-corrected chi connectivity index (χ0v) is 17.0. The monoisotopic (exact) mass is 430 g/mol. The number of halogens is 4. The van der Waals surface area contributed by atoms with Crippen molar-refractivity contribution in [1.29, 1.82) is 0 Å². The lowest BCUT2D eigenvalue weighted by Gasteiger charge is -2.11. The molecule has 2 nitrogen and oxygen atoms in total. The van der Waals surface area contributed by atoms with E-state index < -0.39 is 29.4 Å². The number of rotatable bonds is 8. The van der Waals surface area contributed by atoms with Gasteiger partial charge in [-0.15, -0.1) is 0 Å². The van der Waals surface area contributed by atoms with Crippen LogP contribution in [0.1, 0.15) is 29.7 Å². The number of aliphatic hydroxyl groups is 1. The maximum absolute atomic E-state index is 14.4. The summed E-state index contributed by atoms with van der Waals surface area (Å²) in [6.07, 6.45) is 1.02. The predicted octanol–water partition coefficient (Wildman–Crippen LogP) is 6.31. The summed E-state index contributed by atoms with van der Waals surface area (Å²) >= 11 is 0. The minimum Gasteiger partial charge on any atom is -0.486 e. The minimum absolute atomic E-state index is 0.0661. The van der Waals surface area contributed by atoms with Gasteiger partial charge in [-0.25, -0.2) is 13.2 Å². The molecule has 162 valence electrons. The molecule has 0 aliphatic rings. The molecule has 31 heavy (non-hydrogen) atoms. The molecule has 0 heterocycles. The van der Waals surface area contributed by atoms with E-state index in [9.17, 15) is 22.7 Å². The van der Waals surface area contributed by atoms with Crippen LogP contribution in [-0.4, -0.2) is 11.7 Å². The van der Waals surface area contributed by atoms with Crippen molar-refractivity contribution in [3.05, 3.63) is 101 Å². The summed E-state index contributed by atoms with van der Waals surface area (Å²) < 4.78 is 62.0. The Morgan fingerprint density at radius 3 is 2.23 bits per heavy atom. The second kappa shape index (κ2) is 9.79. The minimum atomic E-state index is -1.09. The highest BCUT2D eigenvalue weighted by Gasteiger charge is 2.17. The Bertz CT molecular complexity index is 1080. The Balaban J connectivity index is 1.74. The van der Waals surface area contributed by atoms with Gasteiger partial charge in [-0.05, 0) is 48.6 Å². The molecule has 3 aromatic carbocycles. The highest BCUT2D eigenvalue weighted by Crippen LogP contribution is 2.30. The molecule has 0 saturated heterocycles. The van der Waals surface area contributed by atoms with Crippen LogP contribution < -0.4 is 4.74 Å². The molecule has 0 bridgehead atoms. The molecule has 1 atom stereocenters. The van der Waals surface area contributed by atoms with E-state index in [4.69, 9.17) is 4.74 Å². The molecule has 0 fully saturated rings. The summed E-state index contributed by atoms with van der Waals surface area (Å²) in [6.45, 7) is 4.90. The van der Waals surface area contributed by atoms with E-state index in [1.807, 2.05) is 0 Å². The van der Waals surface area contributed by atoms with Crippen LogP contribution in [-0.2, 0) is 12.8 Å². The van der Waals surface area contributed by atoms with Gasteiger partial charge in [-0.3, -0.25) is 0 Å². The molecule has 0 aromatic heterocycles. The second-order valence-electron chi connectivity index (χ2n) is 7.15. The normalized spacial score (nSPS) is 11.9. The van der Waals surface area contributed by atoms with E-state index >= 15 is 0 Å². The van der Waals surface area contributed by atoms with Crippen LogP contribution in [0.15, 0.2) is 61.2 Å². The molecule has 6 heteroatoms. The number of aryl methyl sites for hydroxylation is 2. The van der Waals surface area contributed by atoms with Crippen molar-refractivity contribution in [2.75, 3.05) is 6.61 Å². The van der Waals surface area contributed by atoms with Crippen LogP contribution in [0.3, 0.4) is 0 Å². The summed E-state index contributed by atoms with van der Waals surface area (Å²) in [7, 11) is 0. The van der Waals surface area contributed by atoms with Gasteiger partial charge in [0.2, 0.25) is 5.82 Å². The van der Waals surface area contributed by atoms with E-state index in [1.165, 1.54) is 37.3 Å². The molecule has 0 spiro atoms. The molecule has 0 aliphatic heterocycles. The van der Waals surface area contributed by atoms with Crippen molar-refractivity contribution in [1.82, 2.24) is 0 Å². The largest absolute Gasteiger partial charge is 0.486 e. The first-order valence-electron chi connectivity index (χ1n) is 9.79. The Morgan fingerprint density at radius 1 is 0.871 bits per heavy atom. The highest BCUT2D eigenvalue weighted by atomic mass is 19.2. The third kappa shape index (κ3) is 4.97. The second-order valence-corrected chi connectivity index (χ2v) is 7.15. The van der Waals surface area contributed by atoms with Crippen molar-refractivity contribution in [2.24, 2.45) is 0 Å². The van der Waals surface area contributed by atoms with Gasteiger partial charge in [0.25, 0.3) is 0 Å². The van der Waals surface area contributed by atoms with E-state index in [0.29, 0.717) is 12.0 Å². The van der Waals surface area contributed by atoms with Crippen LogP contribution in [0.4, 0.5) is 17.6 Å². The van der Waals surface area contributed by atoms with Gasteiger partial charge in [0, 0.05) is 11.1 Å². The van der Waals surface area contributed by atoms with Crippen molar-refractivity contribution < 1.29 is 27.4 Å². The fourth-order valence-electron chi connectivity index (χ4n) is 3.26. The van der Waals surface area contributed by atoms with Gasteiger partial charge < -0.3 is 9.84 Å². The van der Waals surface area contributed by atoms with Gasteiger partial charge in [0.15, 0.2) is 23.2 Å². The highest BCUT2D eigenvalue weighted by molar-refractivity contribution is 5.65. The molecular weight excluding hydrogens is 408 g/mol. The van der Waals surface area contributed by atoms with Crippen LogP contribution in [0.25, 0.3) is 11.1 Å². The number of aliphatic hydroxyl groups excluding tert-OH is 1. The Morgan fingerprint density at radius 2 is 1.58 bits per heavy atom. The van der Waals surface area contributed by atoms with E-state index in [0.717, 1.165) is 5.56 Å². The molecule has 0 saturated carbocycles. The van der Waals surface area contributed by atoms with Crippen LogP contribution in [0.5, 0.6) is 5.75 Å². The number of ether oxygens (including phenoxy) is 1. The average molecular weight is 430 g/mol. The molecule has 1 N–H and O–H groups in total. The number of hydrogen-bond donors (Lipinski definition) is 1. The van der Waals surface area contributed by atoms with Crippen molar-refractivity contribution >= 4 is 0 Å². The lowest BCUT2D eigenvalue weighted by Crippen LogP contribution is -2.03. The van der Waals surface area contributed by atoms with Crippen LogP contribution in [0.2, 0.25) is 0 Å². The van der Waals surface area contributed by atoms with Crippen molar-refractivity contribution in [3.63, 3.8) is 0 Å². The summed E-state index contributed by atoms with van der Waals surface area (Å²) in [5, 5.41) is 9.47. The van der Waals surface area contributed by atoms with E-state index in [1.54, 1.807) is 24.3 Å². The molecule has 3 rings (SSSR count). The first-order chi connectivity index (χ1) is 14.8. The maximum atomic E-state index is 14.4. The molecule has 0 aliphatic carbocycles. The number of hydrogen-bond acceptors (Lipinski definition) is 2. The predicted molar refractivity (Wildman–Crippen MR) is 112 cm³/mol. The standard InChI is InChI=1S/C25H22F4O2/c1-3-14-31-21-13-12-20(24(28)25(21)29)17-7-4-16(5-8-17)6-9-18-10-11-19(15(2)30)23(27)22(18)26/h3-5,7-8,10-13,15,30H,1,6,9,14H2,2H3. The molecule has 0 amide bonds. The zero-order chi connectivity index (χ0) is 22.5. The third-order valence-corrected chi connectivity index (χ3v) is 4.99. The first kappa shape index (κ1) is 22.6. The third-order valence-electron chi connectivity index (χ3n) is 4.99. The zero-order valence-electron chi connectivity index (χ0n) is 17.0. The summed E-state index contributed by atoms with van der Waals surface area (Å²) in [5.74, 6) is -4.27. The lowest BCUT2D eigenvalue weighted by molar-refractivity contribution is 0.192. The van der Waals surface area contributed by atoms with E-state index in [2.05, 4.69) is 6.58 Å². The van der Waals surface area contributed by atoms with Crippen molar-refractivity contribution in [3.8, 4) is 16.9 Å². The molecule has 3 aromatic rings.